The van der Waals surface area contributed by atoms with Crippen LogP contribution in [0.5, 0.6) is 0 Å². The van der Waals surface area contributed by atoms with Crippen molar-refractivity contribution in [3.63, 3.8) is 0 Å². The summed E-state index contributed by atoms with van der Waals surface area (Å²) in [6.45, 7) is 5.81. The average molecular weight is 279 g/mol. The lowest BCUT2D eigenvalue weighted by Crippen LogP contribution is -2.48. The van der Waals surface area contributed by atoms with Gasteiger partial charge in [-0.05, 0) is 39.8 Å². The molecule has 20 heavy (non-hydrogen) atoms. The minimum atomic E-state index is -0.793. The largest absolute Gasteiger partial charge is 0.337 e. The Morgan fingerprint density at radius 3 is 2.40 bits per heavy atom. The normalized spacial score (nSPS) is 19.4. The molecule has 1 aliphatic rings. The van der Waals surface area contributed by atoms with E-state index >= 15 is 0 Å². The van der Waals surface area contributed by atoms with Crippen LogP contribution < -0.4 is 0 Å². The number of hydrogen-bond acceptors (Lipinski definition) is 3. The molecule has 0 aromatic carbocycles. The van der Waals surface area contributed by atoms with E-state index in [0.29, 0.717) is 12.8 Å². The molecular weight excluding hydrogens is 250 g/mol. The summed E-state index contributed by atoms with van der Waals surface area (Å²) in [6.07, 6.45) is 5.24. The van der Waals surface area contributed by atoms with Gasteiger partial charge < -0.3 is 9.80 Å². The van der Waals surface area contributed by atoms with Gasteiger partial charge in [-0.2, -0.15) is 5.26 Å². The molecule has 1 amide bonds. The summed E-state index contributed by atoms with van der Waals surface area (Å²) < 4.78 is 0. The van der Waals surface area contributed by atoms with Gasteiger partial charge in [0.05, 0.1) is 6.07 Å². The molecule has 1 unspecified atom stereocenters. The van der Waals surface area contributed by atoms with Gasteiger partial charge in [0.1, 0.15) is 5.41 Å². The van der Waals surface area contributed by atoms with E-state index in [2.05, 4.69) is 24.8 Å². The van der Waals surface area contributed by atoms with Gasteiger partial charge in [0.15, 0.2) is 0 Å². The van der Waals surface area contributed by atoms with Crippen molar-refractivity contribution in [2.45, 2.75) is 58.4 Å². The van der Waals surface area contributed by atoms with Gasteiger partial charge in [0.25, 0.3) is 0 Å². The van der Waals surface area contributed by atoms with Crippen LogP contribution in [0.1, 0.15) is 52.4 Å². The van der Waals surface area contributed by atoms with Crippen molar-refractivity contribution in [3.05, 3.63) is 0 Å². The second-order valence-corrected chi connectivity index (χ2v) is 6.25. The van der Waals surface area contributed by atoms with Crippen LogP contribution in [0.15, 0.2) is 0 Å². The fourth-order valence-electron chi connectivity index (χ4n) is 3.34. The average Bonchev–Trinajstić information content (AvgIpc) is 2.84. The SMILES string of the molecule is CCCC(C#N)(CCC)C(=O)N1CCCC1CN(C)C. The highest BCUT2D eigenvalue weighted by molar-refractivity contribution is 5.86. The van der Waals surface area contributed by atoms with Gasteiger partial charge >= 0.3 is 0 Å². The molecule has 1 heterocycles. The third-order valence-corrected chi connectivity index (χ3v) is 4.19. The zero-order valence-electron chi connectivity index (χ0n) is 13.5. The minimum Gasteiger partial charge on any atom is -0.337 e. The van der Waals surface area contributed by atoms with Crippen molar-refractivity contribution in [3.8, 4) is 6.07 Å². The molecule has 0 saturated carbocycles. The van der Waals surface area contributed by atoms with Crippen LogP contribution >= 0.6 is 0 Å². The number of amides is 1. The highest BCUT2D eigenvalue weighted by Gasteiger charge is 2.43. The van der Waals surface area contributed by atoms with Crippen molar-refractivity contribution in [1.82, 2.24) is 9.80 Å². The summed E-state index contributed by atoms with van der Waals surface area (Å²) in [5, 5.41) is 9.63. The van der Waals surface area contributed by atoms with E-state index in [0.717, 1.165) is 38.8 Å². The van der Waals surface area contributed by atoms with E-state index in [9.17, 15) is 10.1 Å². The molecule has 1 aliphatic heterocycles. The highest BCUT2D eigenvalue weighted by Crippen LogP contribution is 2.34. The van der Waals surface area contributed by atoms with Crippen molar-refractivity contribution >= 4 is 5.91 Å². The molecule has 4 nitrogen and oxygen atoms in total. The molecule has 1 saturated heterocycles. The Hall–Kier alpha value is -1.08. The van der Waals surface area contributed by atoms with Gasteiger partial charge in [-0.15, -0.1) is 0 Å². The third-order valence-electron chi connectivity index (χ3n) is 4.19. The van der Waals surface area contributed by atoms with Crippen molar-refractivity contribution in [1.29, 1.82) is 5.26 Å². The van der Waals surface area contributed by atoms with Crippen LogP contribution in [0.3, 0.4) is 0 Å². The standard InChI is InChI=1S/C16H29N3O/c1-5-9-16(13-17,10-6-2)15(20)19-11-7-8-14(19)12-18(3)4/h14H,5-12H2,1-4H3. The van der Waals surface area contributed by atoms with Crippen LogP contribution in [0.2, 0.25) is 0 Å². The number of rotatable bonds is 7. The smallest absolute Gasteiger partial charge is 0.243 e. The maximum Gasteiger partial charge on any atom is 0.243 e. The second-order valence-electron chi connectivity index (χ2n) is 6.25. The van der Waals surface area contributed by atoms with Gasteiger partial charge in [0.2, 0.25) is 5.91 Å². The van der Waals surface area contributed by atoms with Crippen molar-refractivity contribution in [2.75, 3.05) is 27.2 Å². The number of nitriles is 1. The Bertz CT molecular complexity index is 353. The fraction of sp³-hybridized carbons (Fsp3) is 0.875. The van der Waals surface area contributed by atoms with Crippen LogP contribution in [0.4, 0.5) is 0 Å². The monoisotopic (exact) mass is 279 g/mol. The lowest BCUT2D eigenvalue weighted by atomic mass is 9.79. The molecule has 0 aromatic rings. The van der Waals surface area contributed by atoms with E-state index in [1.807, 2.05) is 19.0 Å². The lowest BCUT2D eigenvalue weighted by Gasteiger charge is -2.34. The van der Waals surface area contributed by atoms with E-state index in [1.165, 1.54) is 0 Å². The van der Waals surface area contributed by atoms with Crippen molar-refractivity contribution in [2.24, 2.45) is 5.41 Å². The predicted octanol–water partition coefficient (Wildman–Crippen LogP) is 2.65. The van der Waals surface area contributed by atoms with Gasteiger partial charge in [-0.25, -0.2) is 0 Å². The maximum atomic E-state index is 13.0. The minimum absolute atomic E-state index is 0.0769. The van der Waals surface area contributed by atoms with Gasteiger partial charge in [0, 0.05) is 19.1 Å². The first kappa shape index (κ1) is 17.0. The molecule has 0 radical (unpaired) electrons. The number of hydrogen-bond donors (Lipinski definition) is 0. The Morgan fingerprint density at radius 1 is 1.35 bits per heavy atom. The number of carbonyl (C=O) groups is 1. The summed E-state index contributed by atoms with van der Waals surface area (Å²) in [4.78, 5) is 17.1. The quantitative estimate of drug-likeness (QED) is 0.720. The fourth-order valence-corrected chi connectivity index (χ4v) is 3.34. The number of likely N-dealkylation sites (tertiary alicyclic amines) is 1. The molecule has 1 fully saturated rings. The Balaban J connectivity index is 2.91. The summed E-state index contributed by atoms with van der Waals surface area (Å²) in [5.74, 6) is 0.0769. The number of nitrogens with zero attached hydrogens (tertiary/aromatic N) is 3. The number of likely N-dealkylation sites (N-methyl/N-ethyl adjacent to an activating group) is 1. The second kappa shape index (κ2) is 7.64. The third kappa shape index (κ3) is 3.73. The molecule has 1 rings (SSSR count). The van der Waals surface area contributed by atoms with Crippen LogP contribution in [-0.2, 0) is 4.79 Å². The molecule has 4 heteroatoms. The molecule has 0 aliphatic carbocycles. The van der Waals surface area contributed by atoms with E-state index in [1.54, 1.807) is 0 Å². The Labute approximate surface area is 123 Å². The summed E-state index contributed by atoms with van der Waals surface area (Å²) in [5.41, 5.74) is -0.793. The van der Waals surface area contributed by atoms with Crippen LogP contribution in [0, 0.1) is 16.7 Å². The highest BCUT2D eigenvalue weighted by atomic mass is 16.2. The van der Waals surface area contributed by atoms with Gasteiger partial charge in [-0.3, -0.25) is 4.79 Å². The molecule has 1 atom stereocenters. The van der Waals surface area contributed by atoms with Gasteiger partial charge in [-0.1, -0.05) is 26.7 Å². The molecule has 114 valence electrons. The number of carbonyl (C=O) groups excluding carboxylic acids is 1. The first-order chi connectivity index (χ1) is 9.50. The first-order valence-electron chi connectivity index (χ1n) is 7.87. The van der Waals surface area contributed by atoms with E-state index in [4.69, 9.17) is 0 Å². The topological polar surface area (TPSA) is 47.3 Å². The lowest BCUT2D eigenvalue weighted by molar-refractivity contribution is -0.141. The predicted molar refractivity (Wildman–Crippen MR) is 81.2 cm³/mol. The van der Waals surface area contributed by atoms with E-state index in [-0.39, 0.29) is 11.9 Å². The molecule has 0 aromatic heterocycles. The molecule has 0 bridgehead atoms. The maximum absolute atomic E-state index is 13.0. The Kier molecular flexibility index (Phi) is 6.48. The molecular formula is C16H29N3O. The molecule has 0 spiro atoms. The van der Waals surface area contributed by atoms with Crippen LogP contribution in [0.25, 0.3) is 0 Å². The Morgan fingerprint density at radius 2 is 1.95 bits per heavy atom. The van der Waals surface area contributed by atoms with E-state index < -0.39 is 5.41 Å². The zero-order chi connectivity index (χ0) is 15.2. The summed E-state index contributed by atoms with van der Waals surface area (Å²) in [7, 11) is 4.08. The zero-order valence-corrected chi connectivity index (χ0v) is 13.5. The summed E-state index contributed by atoms with van der Waals surface area (Å²) >= 11 is 0. The molecule has 0 N–H and O–H groups in total. The van der Waals surface area contributed by atoms with Crippen LogP contribution in [-0.4, -0.2) is 48.9 Å². The van der Waals surface area contributed by atoms with Crippen molar-refractivity contribution < 1.29 is 4.79 Å². The summed E-state index contributed by atoms with van der Waals surface area (Å²) in [6, 6.07) is 2.64. The first-order valence-corrected chi connectivity index (χ1v) is 7.87.